The van der Waals surface area contributed by atoms with E-state index in [1.165, 1.54) is 31.2 Å². The van der Waals surface area contributed by atoms with Crippen molar-refractivity contribution in [2.75, 3.05) is 18.9 Å². The minimum atomic E-state index is 0.839. The van der Waals surface area contributed by atoms with Crippen molar-refractivity contribution in [1.82, 2.24) is 0 Å². The molecule has 0 aliphatic heterocycles. The SMILES string of the molecule is Nc1ccc(CCCOCC2CCCC2)cc1. The molecule has 0 aromatic heterocycles. The highest BCUT2D eigenvalue weighted by Gasteiger charge is 2.14. The number of benzene rings is 1. The number of anilines is 1. The molecule has 1 aliphatic carbocycles. The van der Waals surface area contributed by atoms with E-state index < -0.39 is 0 Å². The molecular formula is C15H23NO. The molecule has 94 valence electrons. The van der Waals surface area contributed by atoms with Crippen LogP contribution in [0.25, 0.3) is 0 Å². The van der Waals surface area contributed by atoms with Gasteiger partial charge in [-0.05, 0) is 49.3 Å². The smallest absolute Gasteiger partial charge is 0.0494 e. The fourth-order valence-electron chi connectivity index (χ4n) is 2.49. The van der Waals surface area contributed by atoms with Crippen molar-refractivity contribution in [2.24, 2.45) is 5.92 Å². The van der Waals surface area contributed by atoms with Gasteiger partial charge in [-0.15, -0.1) is 0 Å². The Morgan fingerprint density at radius 2 is 1.82 bits per heavy atom. The Bertz CT molecular complexity index is 314. The third-order valence-electron chi connectivity index (χ3n) is 3.56. The van der Waals surface area contributed by atoms with Gasteiger partial charge in [-0.1, -0.05) is 25.0 Å². The van der Waals surface area contributed by atoms with E-state index in [0.29, 0.717) is 0 Å². The molecule has 17 heavy (non-hydrogen) atoms. The molecule has 2 rings (SSSR count). The fraction of sp³-hybridized carbons (Fsp3) is 0.600. The number of nitrogens with two attached hydrogens (primary N) is 1. The molecule has 1 fully saturated rings. The number of aryl methyl sites for hydroxylation is 1. The molecule has 0 bridgehead atoms. The van der Waals surface area contributed by atoms with Crippen LogP contribution in [0, 0.1) is 5.92 Å². The highest BCUT2D eigenvalue weighted by Crippen LogP contribution is 2.24. The van der Waals surface area contributed by atoms with Gasteiger partial charge in [0.25, 0.3) is 0 Å². The molecule has 0 saturated heterocycles. The van der Waals surface area contributed by atoms with Gasteiger partial charge in [0.05, 0.1) is 0 Å². The number of ether oxygens (including phenoxy) is 1. The van der Waals surface area contributed by atoms with E-state index in [2.05, 4.69) is 12.1 Å². The molecule has 1 aliphatic rings. The third kappa shape index (κ3) is 4.39. The Hall–Kier alpha value is -1.02. The predicted octanol–water partition coefficient (Wildman–Crippen LogP) is 3.41. The summed E-state index contributed by atoms with van der Waals surface area (Å²) in [5.41, 5.74) is 7.84. The minimum absolute atomic E-state index is 0.839. The molecule has 0 unspecified atom stereocenters. The molecule has 2 nitrogen and oxygen atoms in total. The van der Waals surface area contributed by atoms with E-state index in [1.807, 2.05) is 12.1 Å². The van der Waals surface area contributed by atoms with Gasteiger partial charge in [0.2, 0.25) is 0 Å². The average molecular weight is 233 g/mol. The van der Waals surface area contributed by atoms with Gasteiger partial charge < -0.3 is 10.5 Å². The van der Waals surface area contributed by atoms with Crippen molar-refractivity contribution in [2.45, 2.75) is 38.5 Å². The first-order valence-electron chi connectivity index (χ1n) is 6.77. The zero-order valence-corrected chi connectivity index (χ0v) is 10.5. The van der Waals surface area contributed by atoms with Gasteiger partial charge in [0, 0.05) is 18.9 Å². The summed E-state index contributed by atoms with van der Waals surface area (Å²) in [6, 6.07) is 8.14. The summed E-state index contributed by atoms with van der Waals surface area (Å²) in [5, 5.41) is 0. The number of rotatable bonds is 6. The van der Waals surface area contributed by atoms with Crippen LogP contribution < -0.4 is 5.73 Å². The molecule has 0 radical (unpaired) electrons. The third-order valence-corrected chi connectivity index (χ3v) is 3.56. The van der Waals surface area contributed by atoms with E-state index in [0.717, 1.165) is 37.7 Å². The van der Waals surface area contributed by atoms with Crippen molar-refractivity contribution in [3.05, 3.63) is 29.8 Å². The molecule has 0 spiro atoms. The summed E-state index contributed by atoms with van der Waals surface area (Å²) in [4.78, 5) is 0. The first kappa shape index (κ1) is 12.4. The van der Waals surface area contributed by atoms with Crippen LogP contribution in [0.2, 0.25) is 0 Å². The molecule has 0 amide bonds. The van der Waals surface area contributed by atoms with Gasteiger partial charge >= 0.3 is 0 Å². The highest BCUT2D eigenvalue weighted by atomic mass is 16.5. The number of hydrogen-bond donors (Lipinski definition) is 1. The lowest BCUT2D eigenvalue weighted by Gasteiger charge is -2.09. The first-order chi connectivity index (χ1) is 8.34. The number of hydrogen-bond acceptors (Lipinski definition) is 2. The van der Waals surface area contributed by atoms with E-state index in [9.17, 15) is 0 Å². The normalized spacial score (nSPS) is 16.5. The van der Waals surface area contributed by atoms with Crippen molar-refractivity contribution < 1.29 is 4.74 Å². The van der Waals surface area contributed by atoms with Gasteiger partial charge in [-0.3, -0.25) is 0 Å². The molecule has 1 aromatic rings. The molecule has 2 N–H and O–H groups in total. The number of nitrogen functional groups attached to an aromatic ring is 1. The van der Waals surface area contributed by atoms with Crippen molar-refractivity contribution >= 4 is 5.69 Å². The van der Waals surface area contributed by atoms with Crippen LogP contribution in [-0.4, -0.2) is 13.2 Å². The van der Waals surface area contributed by atoms with Crippen LogP contribution >= 0.6 is 0 Å². The van der Waals surface area contributed by atoms with Crippen LogP contribution in [-0.2, 0) is 11.2 Å². The van der Waals surface area contributed by atoms with Crippen molar-refractivity contribution in [1.29, 1.82) is 0 Å². The van der Waals surface area contributed by atoms with Gasteiger partial charge in [-0.2, -0.15) is 0 Å². The Kier molecular flexibility index (Phi) is 4.87. The van der Waals surface area contributed by atoms with Gasteiger partial charge in [0.15, 0.2) is 0 Å². The first-order valence-corrected chi connectivity index (χ1v) is 6.77. The summed E-state index contributed by atoms with van der Waals surface area (Å²) in [6.45, 7) is 1.86. The second-order valence-electron chi connectivity index (χ2n) is 5.07. The lowest BCUT2D eigenvalue weighted by atomic mass is 10.1. The minimum Gasteiger partial charge on any atom is -0.399 e. The van der Waals surface area contributed by atoms with Crippen molar-refractivity contribution in [3.8, 4) is 0 Å². The summed E-state index contributed by atoms with van der Waals surface area (Å²) < 4.78 is 5.74. The Labute approximate surface area is 104 Å². The lowest BCUT2D eigenvalue weighted by Crippen LogP contribution is -2.06. The zero-order valence-electron chi connectivity index (χ0n) is 10.5. The molecule has 0 heterocycles. The highest BCUT2D eigenvalue weighted by molar-refractivity contribution is 5.39. The zero-order chi connectivity index (χ0) is 11.9. The molecule has 1 aromatic carbocycles. The second-order valence-corrected chi connectivity index (χ2v) is 5.07. The van der Waals surface area contributed by atoms with Crippen LogP contribution in [0.4, 0.5) is 5.69 Å². The summed E-state index contributed by atoms with van der Waals surface area (Å²) in [7, 11) is 0. The summed E-state index contributed by atoms with van der Waals surface area (Å²) >= 11 is 0. The second kappa shape index (κ2) is 6.65. The monoisotopic (exact) mass is 233 g/mol. The maximum Gasteiger partial charge on any atom is 0.0494 e. The predicted molar refractivity (Wildman–Crippen MR) is 72.0 cm³/mol. The Morgan fingerprint density at radius 1 is 1.12 bits per heavy atom. The summed E-state index contributed by atoms with van der Waals surface area (Å²) in [5.74, 6) is 0.839. The van der Waals surface area contributed by atoms with E-state index in [1.54, 1.807) is 0 Å². The van der Waals surface area contributed by atoms with Crippen LogP contribution in [0.1, 0.15) is 37.7 Å². The van der Waals surface area contributed by atoms with Crippen LogP contribution in [0.15, 0.2) is 24.3 Å². The maximum absolute atomic E-state index is 5.74. The lowest BCUT2D eigenvalue weighted by molar-refractivity contribution is 0.0995. The van der Waals surface area contributed by atoms with Crippen LogP contribution in [0.5, 0.6) is 0 Å². The van der Waals surface area contributed by atoms with E-state index in [4.69, 9.17) is 10.5 Å². The summed E-state index contributed by atoms with van der Waals surface area (Å²) in [6.07, 6.45) is 7.75. The van der Waals surface area contributed by atoms with Gasteiger partial charge in [0.1, 0.15) is 0 Å². The quantitative estimate of drug-likeness (QED) is 0.603. The topological polar surface area (TPSA) is 35.2 Å². The largest absolute Gasteiger partial charge is 0.399 e. The Morgan fingerprint density at radius 3 is 2.53 bits per heavy atom. The van der Waals surface area contributed by atoms with E-state index >= 15 is 0 Å². The fourth-order valence-corrected chi connectivity index (χ4v) is 2.49. The standard InChI is InChI=1S/C15H23NO/c16-15-9-7-13(8-10-15)6-3-11-17-12-14-4-1-2-5-14/h7-10,14H,1-6,11-12,16H2. The van der Waals surface area contributed by atoms with Gasteiger partial charge in [-0.25, -0.2) is 0 Å². The average Bonchev–Trinajstić information content (AvgIpc) is 2.84. The molecule has 0 atom stereocenters. The van der Waals surface area contributed by atoms with Crippen LogP contribution in [0.3, 0.4) is 0 Å². The molecular weight excluding hydrogens is 210 g/mol. The maximum atomic E-state index is 5.74. The Balaban J connectivity index is 1.55. The molecule has 2 heteroatoms. The van der Waals surface area contributed by atoms with E-state index in [-0.39, 0.29) is 0 Å². The van der Waals surface area contributed by atoms with Crippen molar-refractivity contribution in [3.63, 3.8) is 0 Å². The molecule has 1 saturated carbocycles.